The second-order valence-corrected chi connectivity index (χ2v) is 4.93. The van der Waals surface area contributed by atoms with Crippen LogP contribution in [0.25, 0.3) is 0 Å². The molecule has 1 saturated heterocycles. The highest BCUT2D eigenvalue weighted by Crippen LogP contribution is 2.22. The number of carbonyl (C=O) groups is 1. The third kappa shape index (κ3) is 3.44. The molecular weight excluding hydrogens is 247 g/mol. The predicted molar refractivity (Wildman–Crippen MR) is 70.3 cm³/mol. The summed E-state index contributed by atoms with van der Waals surface area (Å²) in [6, 6.07) is 3.50. The van der Waals surface area contributed by atoms with Crippen molar-refractivity contribution in [3.8, 4) is 5.75 Å². The number of amides is 1. The first-order chi connectivity index (χ1) is 9.08. The molecule has 0 aromatic heterocycles. The number of rotatable bonds is 3. The van der Waals surface area contributed by atoms with Gasteiger partial charge in [0.1, 0.15) is 11.6 Å². The van der Waals surface area contributed by atoms with Crippen molar-refractivity contribution in [3.63, 3.8) is 0 Å². The zero-order valence-corrected chi connectivity index (χ0v) is 10.9. The van der Waals surface area contributed by atoms with Gasteiger partial charge in [0.2, 0.25) is 5.91 Å². The van der Waals surface area contributed by atoms with Crippen LogP contribution in [0.5, 0.6) is 5.75 Å². The van der Waals surface area contributed by atoms with E-state index < -0.39 is 5.82 Å². The Morgan fingerprint density at radius 3 is 3.00 bits per heavy atom. The Morgan fingerprint density at radius 2 is 2.26 bits per heavy atom. The summed E-state index contributed by atoms with van der Waals surface area (Å²) in [5, 5.41) is 15.2. The van der Waals surface area contributed by atoms with Gasteiger partial charge in [0.15, 0.2) is 0 Å². The van der Waals surface area contributed by atoms with E-state index in [4.69, 9.17) is 0 Å². The highest BCUT2D eigenvalue weighted by atomic mass is 19.1. The molecule has 2 rings (SSSR count). The number of nitrogens with one attached hydrogen (secondary N) is 2. The third-order valence-corrected chi connectivity index (χ3v) is 3.44. The third-order valence-electron chi connectivity index (χ3n) is 3.44. The molecule has 1 amide bonds. The molecule has 0 radical (unpaired) electrons. The minimum absolute atomic E-state index is 0.0245. The average molecular weight is 266 g/mol. The minimum Gasteiger partial charge on any atom is -0.508 e. The molecule has 5 heteroatoms. The molecule has 0 spiro atoms. The molecule has 1 heterocycles. The van der Waals surface area contributed by atoms with Gasteiger partial charge >= 0.3 is 0 Å². The SMILES string of the molecule is CC(NC1CCCCNC1=O)c1ccc(O)cc1F. The number of hydrogen-bond donors (Lipinski definition) is 3. The van der Waals surface area contributed by atoms with Crippen molar-refractivity contribution >= 4 is 5.91 Å². The van der Waals surface area contributed by atoms with E-state index in [1.165, 1.54) is 12.1 Å². The number of halogens is 1. The Kier molecular flexibility index (Phi) is 4.37. The molecule has 1 aromatic rings. The molecule has 2 unspecified atom stereocenters. The van der Waals surface area contributed by atoms with Crippen LogP contribution in [0.2, 0.25) is 0 Å². The monoisotopic (exact) mass is 266 g/mol. The van der Waals surface area contributed by atoms with Crippen molar-refractivity contribution in [2.45, 2.75) is 38.3 Å². The van der Waals surface area contributed by atoms with E-state index in [9.17, 15) is 14.3 Å². The van der Waals surface area contributed by atoms with E-state index in [1.54, 1.807) is 0 Å². The second kappa shape index (κ2) is 6.02. The van der Waals surface area contributed by atoms with E-state index in [-0.39, 0.29) is 23.7 Å². The molecule has 0 saturated carbocycles. The molecule has 1 fully saturated rings. The maximum Gasteiger partial charge on any atom is 0.237 e. The summed E-state index contributed by atoms with van der Waals surface area (Å²) in [5.41, 5.74) is 0.454. The van der Waals surface area contributed by atoms with Crippen LogP contribution >= 0.6 is 0 Å². The first kappa shape index (κ1) is 13.8. The van der Waals surface area contributed by atoms with Gasteiger partial charge in [-0.2, -0.15) is 0 Å². The van der Waals surface area contributed by atoms with Crippen molar-refractivity contribution in [1.82, 2.24) is 10.6 Å². The lowest BCUT2D eigenvalue weighted by Gasteiger charge is -2.21. The van der Waals surface area contributed by atoms with Crippen molar-refractivity contribution in [1.29, 1.82) is 0 Å². The van der Waals surface area contributed by atoms with E-state index in [2.05, 4.69) is 10.6 Å². The molecule has 1 aromatic carbocycles. The first-order valence-corrected chi connectivity index (χ1v) is 6.60. The van der Waals surface area contributed by atoms with E-state index in [1.807, 2.05) is 6.92 Å². The molecule has 19 heavy (non-hydrogen) atoms. The summed E-state index contributed by atoms with van der Waals surface area (Å²) in [5.74, 6) is -0.585. The topological polar surface area (TPSA) is 61.4 Å². The van der Waals surface area contributed by atoms with Gasteiger partial charge in [-0.25, -0.2) is 4.39 Å². The van der Waals surface area contributed by atoms with Crippen LogP contribution in [0.4, 0.5) is 4.39 Å². The fourth-order valence-electron chi connectivity index (χ4n) is 2.36. The molecule has 104 valence electrons. The predicted octanol–water partition coefficient (Wildman–Crippen LogP) is 1.85. The lowest BCUT2D eigenvalue weighted by atomic mass is 10.0. The smallest absolute Gasteiger partial charge is 0.237 e. The van der Waals surface area contributed by atoms with Gasteiger partial charge in [-0.05, 0) is 32.3 Å². The molecule has 1 aliphatic rings. The Hall–Kier alpha value is -1.62. The van der Waals surface area contributed by atoms with Crippen LogP contribution < -0.4 is 10.6 Å². The number of carbonyl (C=O) groups excluding carboxylic acids is 1. The number of phenolic OH excluding ortho intramolecular Hbond substituents is 1. The fourth-order valence-corrected chi connectivity index (χ4v) is 2.36. The lowest BCUT2D eigenvalue weighted by molar-refractivity contribution is -0.123. The van der Waals surface area contributed by atoms with Crippen LogP contribution in [0.15, 0.2) is 18.2 Å². The zero-order valence-electron chi connectivity index (χ0n) is 10.9. The van der Waals surface area contributed by atoms with E-state index >= 15 is 0 Å². The quantitative estimate of drug-likeness (QED) is 0.782. The molecule has 2 atom stereocenters. The Balaban J connectivity index is 2.07. The fraction of sp³-hybridized carbons (Fsp3) is 0.500. The number of phenols is 1. The second-order valence-electron chi connectivity index (χ2n) is 4.93. The van der Waals surface area contributed by atoms with Gasteiger partial charge in [0, 0.05) is 24.2 Å². The van der Waals surface area contributed by atoms with Crippen LogP contribution in [0.3, 0.4) is 0 Å². The highest BCUT2D eigenvalue weighted by molar-refractivity contribution is 5.81. The van der Waals surface area contributed by atoms with Gasteiger partial charge in [-0.3, -0.25) is 10.1 Å². The maximum absolute atomic E-state index is 13.7. The molecule has 3 N–H and O–H groups in total. The summed E-state index contributed by atoms with van der Waals surface area (Å²) >= 11 is 0. The first-order valence-electron chi connectivity index (χ1n) is 6.60. The van der Waals surface area contributed by atoms with Crippen molar-refractivity contribution < 1.29 is 14.3 Å². The van der Waals surface area contributed by atoms with Gasteiger partial charge in [0.05, 0.1) is 6.04 Å². The number of aromatic hydroxyl groups is 1. The van der Waals surface area contributed by atoms with Gasteiger partial charge in [-0.15, -0.1) is 0 Å². The molecule has 4 nitrogen and oxygen atoms in total. The van der Waals surface area contributed by atoms with Gasteiger partial charge in [-0.1, -0.05) is 6.07 Å². The number of hydrogen-bond acceptors (Lipinski definition) is 3. The van der Waals surface area contributed by atoms with E-state index in [0.29, 0.717) is 12.1 Å². The molecule has 0 bridgehead atoms. The lowest BCUT2D eigenvalue weighted by Crippen LogP contribution is -2.43. The maximum atomic E-state index is 13.7. The summed E-state index contributed by atoms with van der Waals surface area (Å²) in [6.07, 6.45) is 2.71. The van der Waals surface area contributed by atoms with Crippen LogP contribution in [0, 0.1) is 5.82 Å². The highest BCUT2D eigenvalue weighted by Gasteiger charge is 2.23. The van der Waals surface area contributed by atoms with Gasteiger partial charge in [0.25, 0.3) is 0 Å². The average Bonchev–Trinajstić information content (AvgIpc) is 2.55. The number of benzene rings is 1. The zero-order chi connectivity index (χ0) is 13.8. The van der Waals surface area contributed by atoms with Crippen molar-refractivity contribution in [2.75, 3.05) is 6.54 Å². The summed E-state index contributed by atoms with van der Waals surface area (Å²) < 4.78 is 13.7. The Bertz CT molecular complexity index is 465. The standard InChI is InChI=1S/C14H19FN2O2/c1-9(11-6-5-10(18)8-12(11)15)17-13-4-2-3-7-16-14(13)19/h5-6,8-9,13,17-18H,2-4,7H2,1H3,(H,16,19). The minimum atomic E-state index is -0.464. The summed E-state index contributed by atoms with van der Waals surface area (Å²) in [6.45, 7) is 2.52. The largest absolute Gasteiger partial charge is 0.508 e. The summed E-state index contributed by atoms with van der Waals surface area (Å²) in [4.78, 5) is 11.8. The summed E-state index contributed by atoms with van der Waals surface area (Å²) in [7, 11) is 0. The van der Waals surface area contributed by atoms with Crippen LogP contribution in [-0.2, 0) is 4.79 Å². The van der Waals surface area contributed by atoms with Crippen LogP contribution in [-0.4, -0.2) is 23.6 Å². The normalized spacial score (nSPS) is 21.6. The van der Waals surface area contributed by atoms with Crippen molar-refractivity contribution in [2.24, 2.45) is 0 Å². The molecule has 1 aliphatic heterocycles. The Morgan fingerprint density at radius 1 is 1.47 bits per heavy atom. The Labute approximate surface area is 112 Å². The molecular formula is C14H19FN2O2. The van der Waals surface area contributed by atoms with Crippen LogP contribution in [0.1, 0.15) is 37.8 Å². The van der Waals surface area contributed by atoms with E-state index in [0.717, 1.165) is 25.3 Å². The van der Waals surface area contributed by atoms with Gasteiger partial charge < -0.3 is 10.4 Å². The van der Waals surface area contributed by atoms with Crippen molar-refractivity contribution in [3.05, 3.63) is 29.6 Å². The molecule has 0 aliphatic carbocycles.